The number of fused-ring (bicyclic) bond motifs is 9. The molecule has 7 rings (SSSR count). The molecule has 0 saturated carbocycles. The van der Waals surface area contributed by atoms with Crippen molar-refractivity contribution in [1.82, 2.24) is 29.3 Å². The molecule has 0 aliphatic carbocycles. The van der Waals surface area contributed by atoms with Gasteiger partial charge in [0.25, 0.3) is 5.91 Å². The lowest BCUT2D eigenvalue weighted by Crippen LogP contribution is -2.61. The van der Waals surface area contributed by atoms with Crippen LogP contribution in [0.2, 0.25) is 5.02 Å². The predicted octanol–water partition coefficient (Wildman–Crippen LogP) is 5.77. The van der Waals surface area contributed by atoms with Gasteiger partial charge in [0.15, 0.2) is 0 Å². The van der Waals surface area contributed by atoms with Crippen LogP contribution in [0.4, 0.5) is 4.79 Å². The van der Waals surface area contributed by atoms with Gasteiger partial charge in [0, 0.05) is 64.7 Å². The lowest BCUT2D eigenvalue weighted by Gasteiger charge is -2.46. The van der Waals surface area contributed by atoms with Crippen molar-refractivity contribution in [3.63, 3.8) is 0 Å². The van der Waals surface area contributed by atoms with Gasteiger partial charge in [-0.15, -0.1) is 0 Å². The second kappa shape index (κ2) is 8.76. The third-order valence-electron chi connectivity index (χ3n) is 8.18. The van der Waals surface area contributed by atoms with Crippen molar-refractivity contribution in [2.24, 2.45) is 0 Å². The van der Waals surface area contributed by atoms with E-state index in [0.29, 0.717) is 52.8 Å². The summed E-state index contributed by atoms with van der Waals surface area (Å²) in [6.45, 7) is 5.84. The Morgan fingerprint density at radius 1 is 1.12 bits per heavy atom. The molecule has 2 amide bonds. The number of carbonyl (C=O) groups excluding carboxylic acids is 2. The number of hydrogen-bond donors (Lipinski definition) is 0. The largest absolute Gasteiger partial charge is 0.444 e. The maximum Gasteiger partial charge on any atom is 0.410 e. The number of nitrogens with zero attached hydrogens (tertiary/aromatic N) is 6. The Morgan fingerprint density at radius 2 is 1.88 bits per heavy atom. The Hall–Kier alpha value is -3.98. The number of aromatic nitrogens is 4. The molecule has 1 fully saturated rings. The summed E-state index contributed by atoms with van der Waals surface area (Å²) in [5.41, 5.74) is 3.13. The minimum absolute atomic E-state index is 0.295. The summed E-state index contributed by atoms with van der Waals surface area (Å²) in [5, 5.41) is 0.413. The number of imidazole rings is 1. The molecule has 2 bridgehead atoms. The number of halogens is 1. The van der Waals surface area contributed by atoms with Gasteiger partial charge in [-0.05, 0) is 57.5 Å². The molecule has 5 heterocycles. The van der Waals surface area contributed by atoms with E-state index in [1.54, 1.807) is 35.5 Å². The molecule has 0 radical (unpaired) electrons. The van der Waals surface area contributed by atoms with Crippen LogP contribution in [0.15, 0.2) is 48.8 Å². The minimum atomic E-state index is -2.66. The van der Waals surface area contributed by atoms with E-state index < -0.39 is 24.5 Å². The van der Waals surface area contributed by atoms with Crippen LogP contribution >= 0.6 is 11.6 Å². The molecule has 9 nitrogen and oxygen atoms in total. The van der Waals surface area contributed by atoms with Gasteiger partial charge < -0.3 is 19.1 Å². The van der Waals surface area contributed by atoms with Crippen molar-refractivity contribution in [2.45, 2.75) is 57.2 Å². The van der Waals surface area contributed by atoms with Crippen molar-refractivity contribution < 1.29 is 18.4 Å². The van der Waals surface area contributed by atoms with Crippen LogP contribution in [-0.2, 0) is 10.2 Å². The minimum Gasteiger partial charge on any atom is -0.444 e. The molecule has 2 aromatic heterocycles. The fraction of sp³-hybridized carbons (Fsp3) is 0.387. The van der Waals surface area contributed by atoms with Gasteiger partial charge >= 0.3 is 6.09 Å². The first-order valence-corrected chi connectivity index (χ1v) is 14.0. The fourth-order valence-corrected chi connectivity index (χ4v) is 6.56. The number of likely N-dealkylation sites (tertiary alicyclic amines) is 1. The highest BCUT2D eigenvalue weighted by molar-refractivity contribution is 6.32. The van der Waals surface area contributed by atoms with E-state index in [4.69, 9.17) is 25.4 Å². The molecular weight excluding hydrogens is 540 g/mol. The highest BCUT2D eigenvalue weighted by atomic mass is 35.5. The molecule has 210 valence electrons. The Kier molecular flexibility index (Phi) is 4.84. The average molecular weight is 574 g/mol. The molecule has 1 saturated heterocycles. The quantitative estimate of drug-likeness (QED) is 0.302. The lowest BCUT2D eigenvalue weighted by molar-refractivity contribution is -0.00801. The Bertz CT molecular complexity index is 1840. The van der Waals surface area contributed by atoms with Crippen LogP contribution < -0.4 is 0 Å². The molecule has 0 unspecified atom stereocenters. The van der Waals surface area contributed by atoms with Gasteiger partial charge in [0.05, 0.1) is 28.5 Å². The second-order valence-corrected chi connectivity index (χ2v) is 12.8. The third-order valence-corrected chi connectivity index (χ3v) is 8.51. The summed E-state index contributed by atoms with van der Waals surface area (Å²) in [4.78, 5) is 42.8. The summed E-state index contributed by atoms with van der Waals surface area (Å²) in [5.74, 6) is 0.606. The highest BCUT2D eigenvalue weighted by Crippen LogP contribution is 2.49. The van der Waals surface area contributed by atoms with E-state index in [9.17, 15) is 9.59 Å². The van der Waals surface area contributed by atoms with Gasteiger partial charge in [0.1, 0.15) is 17.2 Å². The van der Waals surface area contributed by atoms with Crippen molar-refractivity contribution in [2.75, 3.05) is 20.1 Å². The van der Waals surface area contributed by atoms with Crippen molar-refractivity contribution in [3.8, 4) is 11.1 Å². The van der Waals surface area contributed by atoms with E-state index in [0.717, 1.165) is 21.5 Å². The fourth-order valence-electron chi connectivity index (χ4n) is 6.26. The Balaban J connectivity index is 1.23. The lowest BCUT2D eigenvalue weighted by atomic mass is 9.81. The highest BCUT2D eigenvalue weighted by Gasteiger charge is 2.47. The van der Waals surface area contributed by atoms with E-state index in [1.165, 1.54) is 0 Å². The monoisotopic (exact) mass is 573 g/mol. The van der Waals surface area contributed by atoms with Crippen molar-refractivity contribution in [3.05, 3.63) is 76.6 Å². The summed E-state index contributed by atoms with van der Waals surface area (Å²) in [6, 6.07) is 9.75. The maximum atomic E-state index is 13.6. The number of carbonyl (C=O) groups is 2. The van der Waals surface area contributed by atoms with Crippen LogP contribution in [0.1, 0.15) is 77.9 Å². The number of rotatable bonds is 2. The number of benzene rings is 2. The normalized spacial score (nSPS) is 22.3. The van der Waals surface area contributed by atoms with E-state index in [-0.39, 0.29) is 17.6 Å². The molecule has 2 atom stereocenters. The summed E-state index contributed by atoms with van der Waals surface area (Å²) in [7, 11) is 0. The zero-order chi connectivity index (χ0) is 31.3. The number of ether oxygens (including phenoxy) is 1. The molecule has 0 spiro atoms. The van der Waals surface area contributed by atoms with Crippen LogP contribution in [0, 0.1) is 0 Å². The van der Waals surface area contributed by atoms with Gasteiger partial charge in [-0.1, -0.05) is 23.7 Å². The number of hydrogen-bond acceptors (Lipinski definition) is 6. The van der Waals surface area contributed by atoms with Crippen molar-refractivity contribution in [1.29, 1.82) is 0 Å². The topological polar surface area (TPSA) is 93.5 Å². The summed E-state index contributed by atoms with van der Waals surface area (Å²) >= 11 is 6.68. The molecule has 41 heavy (non-hydrogen) atoms. The second-order valence-electron chi connectivity index (χ2n) is 12.4. The van der Waals surface area contributed by atoms with Crippen LogP contribution in [-0.4, -0.2) is 67.0 Å². The zero-order valence-corrected chi connectivity index (χ0v) is 23.9. The van der Waals surface area contributed by atoms with Crippen LogP contribution in [0.5, 0.6) is 0 Å². The average Bonchev–Trinajstić information content (AvgIpc) is 3.42. The molecule has 0 N–H and O–H groups in total. The maximum absolute atomic E-state index is 13.6. The Labute approximate surface area is 247 Å². The predicted molar refractivity (Wildman–Crippen MR) is 155 cm³/mol. The first-order chi connectivity index (χ1) is 20.6. The molecule has 10 heteroatoms. The van der Waals surface area contributed by atoms with E-state index >= 15 is 0 Å². The van der Waals surface area contributed by atoms with Crippen LogP contribution in [0.3, 0.4) is 0 Å². The molecule has 2 aromatic carbocycles. The Morgan fingerprint density at radius 3 is 2.59 bits per heavy atom. The van der Waals surface area contributed by atoms with E-state index in [2.05, 4.69) is 9.97 Å². The van der Waals surface area contributed by atoms with E-state index in [1.807, 2.05) is 50.5 Å². The van der Waals surface area contributed by atoms with Gasteiger partial charge in [-0.25, -0.2) is 19.7 Å². The van der Waals surface area contributed by atoms with Crippen molar-refractivity contribution >= 4 is 34.6 Å². The van der Waals surface area contributed by atoms with Gasteiger partial charge in [-0.2, -0.15) is 0 Å². The first kappa shape index (κ1) is 22.7. The SMILES string of the molecule is [2H]C([2H])([2H])N1C(=O)c2cccc(Cl)c2[C@H]2C[C@@H]1c1nc3ccc(-c4cnc(C5(C)CN(C(=O)OC(C)(C)C)C5)nc4)cc3n12. The molecule has 4 aromatic rings. The zero-order valence-electron chi connectivity index (χ0n) is 26.2. The first-order valence-electron chi connectivity index (χ1n) is 15.1. The van der Waals surface area contributed by atoms with Crippen LogP contribution in [0.25, 0.3) is 22.2 Å². The summed E-state index contributed by atoms with van der Waals surface area (Å²) < 4.78 is 32.1. The van der Waals surface area contributed by atoms with Gasteiger partial charge in [0.2, 0.25) is 0 Å². The third kappa shape index (κ3) is 4.01. The molecule has 3 aliphatic rings. The van der Waals surface area contributed by atoms with Gasteiger partial charge in [-0.3, -0.25) is 4.79 Å². The standard InChI is InChI=1S/C31H31ClN6O3/c1-30(2,3)41-29(40)37-15-31(4,16-37)28-33-13-18(14-34-28)17-9-10-21-22(11-17)38-23-12-24(26(38)35-21)36(5)27(39)19-7-6-8-20(32)25(19)23/h6-11,13-14,23-24H,12,15-16H2,1-5H3/t23-,24-/m1/s1/i5D3. The smallest absolute Gasteiger partial charge is 0.410 e. The molecule has 3 aliphatic heterocycles. The molecular formula is C31H31ClN6O3. The number of amides is 2. The summed E-state index contributed by atoms with van der Waals surface area (Å²) in [6.07, 6.45) is 3.57.